The lowest BCUT2D eigenvalue weighted by Crippen LogP contribution is -2.16. The summed E-state index contributed by atoms with van der Waals surface area (Å²) in [6.07, 6.45) is 0.710. The van der Waals surface area contributed by atoms with Crippen LogP contribution in [-0.2, 0) is 9.47 Å². The summed E-state index contributed by atoms with van der Waals surface area (Å²) in [4.78, 5) is 4.49. The zero-order chi connectivity index (χ0) is 14.7. The predicted molar refractivity (Wildman–Crippen MR) is 75.7 cm³/mol. The van der Waals surface area contributed by atoms with Crippen LogP contribution in [0.1, 0.15) is 35.8 Å². The summed E-state index contributed by atoms with van der Waals surface area (Å²) in [6, 6.07) is 9.90. The van der Waals surface area contributed by atoms with E-state index >= 15 is 0 Å². The van der Waals surface area contributed by atoms with Crippen LogP contribution in [-0.4, -0.2) is 37.0 Å². The number of rotatable bonds is 5. The molecule has 0 spiro atoms. The predicted octanol–water partition coefficient (Wildman–Crippen LogP) is 1.85. The third kappa shape index (κ3) is 2.97. The second-order valence-electron chi connectivity index (χ2n) is 5.07. The summed E-state index contributed by atoms with van der Waals surface area (Å²) in [5, 5.41) is 7.39. The Labute approximate surface area is 123 Å². The van der Waals surface area contributed by atoms with E-state index in [0.29, 0.717) is 11.7 Å². The molecule has 1 aliphatic rings. The normalized spacial score (nSPS) is 23.3. The molecule has 2 heterocycles. The number of nitrogens with zero attached hydrogens (tertiary/aromatic N) is 2. The molecule has 0 aliphatic carbocycles. The number of hydrogen-bond donors (Lipinski definition) is 1. The number of ether oxygens (including phenoxy) is 2. The maximum Gasteiger partial charge on any atom is 0.243 e. The average molecular weight is 289 g/mol. The zero-order valence-electron chi connectivity index (χ0n) is 12.2. The molecule has 0 bridgehead atoms. The minimum atomic E-state index is -0.316. The van der Waals surface area contributed by atoms with Crippen molar-refractivity contribution in [1.82, 2.24) is 15.5 Å². The third-order valence-electron chi connectivity index (χ3n) is 3.75. The monoisotopic (exact) mass is 289 g/mol. The smallest absolute Gasteiger partial charge is 0.243 e. The third-order valence-corrected chi connectivity index (χ3v) is 3.75. The van der Waals surface area contributed by atoms with Crippen molar-refractivity contribution in [3.05, 3.63) is 47.6 Å². The number of hydrogen-bond acceptors (Lipinski definition) is 6. The Morgan fingerprint density at radius 3 is 2.76 bits per heavy atom. The Bertz CT molecular complexity index is 573. The van der Waals surface area contributed by atoms with Crippen molar-refractivity contribution in [1.29, 1.82) is 0 Å². The van der Waals surface area contributed by atoms with E-state index < -0.39 is 0 Å². The van der Waals surface area contributed by atoms with Crippen LogP contribution < -0.4 is 5.32 Å². The first-order valence-corrected chi connectivity index (χ1v) is 6.99. The number of nitrogens with one attached hydrogen (secondary N) is 1. The molecule has 21 heavy (non-hydrogen) atoms. The summed E-state index contributed by atoms with van der Waals surface area (Å²) in [7, 11) is 3.35. The van der Waals surface area contributed by atoms with E-state index in [-0.39, 0.29) is 18.2 Å². The number of aromatic nitrogens is 2. The van der Waals surface area contributed by atoms with Crippen molar-refractivity contribution in [3.63, 3.8) is 0 Å². The van der Waals surface area contributed by atoms with Crippen molar-refractivity contribution >= 4 is 0 Å². The lowest BCUT2D eigenvalue weighted by molar-refractivity contribution is 0.116. The van der Waals surface area contributed by atoms with Gasteiger partial charge >= 0.3 is 0 Å². The second-order valence-corrected chi connectivity index (χ2v) is 5.07. The van der Waals surface area contributed by atoms with Gasteiger partial charge in [0.05, 0.1) is 12.1 Å². The molecule has 1 N–H and O–H groups in total. The highest BCUT2D eigenvalue weighted by Crippen LogP contribution is 2.27. The van der Waals surface area contributed by atoms with E-state index in [1.165, 1.54) is 0 Å². The summed E-state index contributed by atoms with van der Waals surface area (Å²) in [5.41, 5.74) is 1.00. The molecular weight excluding hydrogens is 270 g/mol. The Morgan fingerprint density at radius 1 is 1.29 bits per heavy atom. The van der Waals surface area contributed by atoms with Crippen LogP contribution in [0.2, 0.25) is 0 Å². The molecule has 1 aliphatic heterocycles. The Balaban J connectivity index is 1.78. The highest BCUT2D eigenvalue weighted by molar-refractivity contribution is 5.22. The van der Waals surface area contributed by atoms with E-state index in [0.717, 1.165) is 18.5 Å². The minimum absolute atomic E-state index is 0.0458. The molecule has 2 aromatic rings. The highest BCUT2D eigenvalue weighted by Gasteiger charge is 2.30. The van der Waals surface area contributed by atoms with Gasteiger partial charge in [0.1, 0.15) is 6.10 Å². The van der Waals surface area contributed by atoms with Gasteiger partial charge in [-0.15, -0.1) is 0 Å². The highest BCUT2D eigenvalue weighted by atomic mass is 16.5. The number of benzene rings is 1. The molecule has 0 saturated carbocycles. The van der Waals surface area contributed by atoms with Crippen LogP contribution in [0.25, 0.3) is 0 Å². The SMILES string of the molecule is COC1CNC(c2nc(C(OC)c3ccccc3)no2)C1. The summed E-state index contributed by atoms with van der Waals surface area (Å²) in [6.45, 7) is 0.797. The second kappa shape index (κ2) is 6.34. The molecule has 3 atom stereocenters. The standard InChI is InChI=1S/C15H19N3O3/c1-19-11-8-12(16-9-11)15-17-14(18-21-15)13(20-2)10-6-4-3-5-7-10/h3-7,11-13,16H,8-9H2,1-2H3. The fraction of sp³-hybridized carbons (Fsp3) is 0.467. The van der Waals surface area contributed by atoms with E-state index in [1.807, 2.05) is 30.3 Å². The first-order valence-electron chi connectivity index (χ1n) is 6.99. The van der Waals surface area contributed by atoms with Gasteiger partial charge in [0.15, 0.2) is 0 Å². The summed E-state index contributed by atoms with van der Waals surface area (Å²) >= 11 is 0. The van der Waals surface area contributed by atoms with Gasteiger partial charge in [0, 0.05) is 20.8 Å². The van der Waals surface area contributed by atoms with Gasteiger partial charge in [-0.1, -0.05) is 35.5 Å². The van der Waals surface area contributed by atoms with Crippen LogP contribution in [0.3, 0.4) is 0 Å². The first kappa shape index (κ1) is 14.2. The molecule has 0 amide bonds. The zero-order valence-corrected chi connectivity index (χ0v) is 12.2. The Hall–Kier alpha value is -1.76. The molecule has 6 nitrogen and oxygen atoms in total. The van der Waals surface area contributed by atoms with E-state index in [4.69, 9.17) is 14.0 Å². The van der Waals surface area contributed by atoms with Gasteiger partial charge in [0.25, 0.3) is 0 Å². The Morgan fingerprint density at radius 2 is 2.10 bits per heavy atom. The Kier molecular flexibility index (Phi) is 4.28. The largest absolute Gasteiger partial charge is 0.380 e. The molecule has 3 rings (SSSR count). The van der Waals surface area contributed by atoms with Crippen LogP contribution in [0.4, 0.5) is 0 Å². The fourth-order valence-electron chi connectivity index (χ4n) is 2.58. The molecule has 1 aromatic heterocycles. The van der Waals surface area contributed by atoms with Gasteiger partial charge in [-0.3, -0.25) is 0 Å². The van der Waals surface area contributed by atoms with E-state index in [2.05, 4.69) is 15.5 Å². The van der Waals surface area contributed by atoms with Crippen molar-refractivity contribution in [2.75, 3.05) is 20.8 Å². The first-order chi connectivity index (χ1) is 10.3. The topological polar surface area (TPSA) is 69.4 Å². The van der Waals surface area contributed by atoms with Crippen LogP contribution in [0.5, 0.6) is 0 Å². The average Bonchev–Trinajstić information content (AvgIpc) is 3.18. The maximum atomic E-state index is 5.51. The molecule has 3 unspecified atom stereocenters. The van der Waals surface area contributed by atoms with Crippen LogP contribution >= 0.6 is 0 Å². The lowest BCUT2D eigenvalue weighted by Gasteiger charge is -2.11. The van der Waals surface area contributed by atoms with Crippen molar-refractivity contribution in [2.24, 2.45) is 0 Å². The van der Waals surface area contributed by atoms with Gasteiger partial charge in [-0.2, -0.15) is 4.98 Å². The van der Waals surface area contributed by atoms with Crippen LogP contribution in [0.15, 0.2) is 34.9 Å². The van der Waals surface area contributed by atoms with Gasteiger partial charge in [-0.05, 0) is 12.0 Å². The fourth-order valence-corrected chi connectivity index (χ4v) is 2.58. The van der Waals surface area contributed by atoms with Crippen molar-refractivity contribution in [2.45, 2.75) is 24.7 Å². The summed E-state index contributed by atoms with van der Waals surface area (Å²) in [5.74, 6) is 1.13. The molecule has 1 aromatic carbocycles. The lowest BCUT2D eigenvalue weighted by atomic mass is 10.1. The van der Waals surface area contributed by atoms with Crippen molar-refractivity contribution < 1.29 is 14.0 Å². The molecule has 1 saturated heterocycles. The maximum absolute atomic E-state index is 5.51. The minimum Gasteiger partial charge on any atom is -0.380 e. The van der Waals surface area contributed by atoms with Crippen LogP contribution in [0, 0.1) is 0 Å². The molecule has 112 valence electrons. The molecule has 0 radical (unpaired) electrons. The molecule has 6 heteroatoms. The summed E-state index contributed by atoms with van der Waals surface area (Å²) < 4.78 is 16.2. The van der Waals surface area contributed by atoms with E-state index in [1.54, 1.807) is 14.2 Å². The molecular formula is C15H19N3O3. The van der Waals surface area contributed by atoms with E-state index in [9.17, 15) is 0 Å². The van der Waals surface area contributed by atoms with Gasteiger partial charge in [0.2, 0.25) is 11.7 Å². The van der Waals surface area contributed by atoms with Gasteiger partial charge < -0.3 is 19.3 Å². The quantitative estimate of drug-likeness (QED) is 0.906. The molecule has 1 fully saturated rings. The van der Waals surface area contributed by atoms with Crippen molar-refractivity contribution in [3.8, 4) is 0 Å². The number of methoxy groups -OCH3 is 2. The van der Waals surface area contributed by atoms with Gasteiger partial charge in [-0.25, -0.2) is 0 Å².